The largest absolute Gasteiger partial charge is 0.368 e. The molecule has 0 aliphatic rings. The summed E-state index contributed by atoms with van der Waals surface area (Å²) < 4.78 is 26.4. The quantitative estimate of drug-likeness (QED) is 0.686. The van der Waals surface area contributed by atoms with Gasteiger partial charge in [0.2, 0.25) is 17.7 Å². The molecule has 29 heavy (non-hydrogen) atoms. The first kappa shape index (κ1) is 22.4. The van der Waals surface area contributed by atoms with E-state index in [-0.39, 0.29) is 17.2 Å². The SMILES string of the molecule is CC(SCC(=O)Nc1ccc(F)cc1)C(=O)N(C)C(C(N)=O)c1cccc(F)c1. The molecular formula is C20H21F2N3O3S. The van der Waals surface area contributed by atoms with E-state index in [1.807, 2.05) is 0 Å². The molecular weight excluding hydrogens is 400 g/mol. The zero-order valence-corrected chi connectivity index (χ0v) is 16.7. The number of benzene rings is 2. The Morgan fingerprint density at radius 2 is 1.76 bits per heavy atom. The van der Waals surface area contributed by atoms with Gasteiger partial charge in [-0.05, 0) is 48.9 Å². The number of primary amides is 1. The van der Waals surface area contributed by atoms with E-state index >= 15 is 0 Å². The molecule has 3 N–H and O–H groups in total. The number of halogens is 2. The Kier molecular flexibility index (Phi) is 7.72. The topological polar surface area (TPSA) is 92.5 Å². The van der Waals surface area contributed by atoms with Gasteiger partial charge in [0.1, 0.15) is 17.7 Å². The Balaban J connectivity index is 1.97. The van der Waals surface area contributed by atoms with Crippen LogP contribution in [-0.4, -0.2) is 40.7 Å². The van der Waals surface area contributed by atoms with Crippen molar-refractivity contribution in [1.29, 1.82) is 0 Å². The molecule has 0 bridgehead atoms. The molecule has 0 aliphatic heterocycles. The van der Waals surface area contributed by atoms with Crippen LogP contribution in [0.2, 0.25) is 0 Å². The lowest BCUT2D eigenvalue weighted by atomic mass is 10.0. The van der Waals surface area contributed by atoms with Crippen LogP contribution in [0.5, 0.6) is 0 Å². The number of anilines is 1. The second-order valence-electron chi connectivity index (χ2n) is 6.32. The van der Waals surface area contributed by atoms with E-state index in [1.165, 1.54) is 49.5 Å². The fourth-order valence-electron chi connectivity index (χ4n) is 2.67. The van der Waals surface area contributed by atoms with Crippen molar-refractivity contribution in [3.8, 4) is 0 Å². The molecule has 3 amide bonds. The predicted molar refractivity (Wildman–Crippen MR) is 108 cm³/mol. The fraction of sp³-hybridized carbons (Fsp3) is 0.250. The smallest absolute Gasteiger partial charge is 0.244 e. The minimum atomic E-state index is -1.13. The third-order valence-corrected chi connectivity index (χ3v) is 5.24. The molecule has 154 valence electrons. The first-order chi connectivity index (χ1) is 13.7. The average molecular weight is 421 g/mol. The highest BCUT2D eigenvalue weighted by Gasteiger charge is 2.30. The second-order valence-corrected chi connectivity index (χ2v) is 7.65. The van der Waals surface area contributed by atoms with Crippen LogP contribution in [0.3, 0.4) is 0 Å². The monoisotopic (exact) mass is 421 g/mol. The normalized spacial score (nSPS) is 12.7. The molecule has 6 nitrogen and oxygen atoms in total. The van der Waals surface area contributed by atoms with Crippen molar-refractivity contribution in [2.24, 2.45) is 5.73 Å². The van der Waals surface area contributed by atoms with Crippen LogP contribution < -0.4 is 11.1 Å². The van der Waals surface area contributed by atoms with E-state index in [0.717, 1.165) is 22.7 Å². The van der Waals surface area contributed by atoms with Crippen molar-refractivity contribution in [1.82, 2.24) is 4.90 Å². The number of likely N-dealkylation sites (N-methyl/N-ethyl adjacent to an activating group) is 1. The maximum absolute atomic E-state index is 13.5. The van der Waals surface area contributed by atoms with Crippen LogP contribution in [0, 0.1) is 11.6 Å². The van der Waals surface area contributed by atoms with Gasteiger partial charge in [-0.25, -0.2) is 8.78 Å². The summed E-state index contributed by atoms with van der Waals surface area (Å²) in [6.45, 7) is 1.60. The summed E-state index contributed by atoms with van der Waals surface area (Å²) in [5, 5.41) is 1.94. The Labute approximate surface area is 171 Å². The molecule has 9 heteroatoms. The third kappa shape index (κ3) is 6.28. The highest BCUT2D eigenvalue weighted by molar-refractivity contribution is 8.01. The zero-order chi connectivity index (χ0) is 21.6. The predicted octanol–water partition coefficient (Wildman–Crippen LogP) is 2.71. The van der Waals surface area contributed by atoms with E-state index in [9.17, 15) is 23.2 Å². The molecule has 0 aromatic heterocycles. The maximum atomic E-state index is 13.5. The average Bonchev–Trinajstić information content (AvgIpc) is 2.67. The van der Waals surface area contributed by atoms with Gasteiger partial charge in [-0.1, -0.05) is 12.1 Å². The molecule has 2 atom stereocenters. The molecule has 0 fully saturated rings. The van der Waals surface area contributed by atoms with Gasteiger partial charge in [-0.2, -0.15) is 0 Å². The maximum Gasteiger partial charge on any atom is 0.244 e. The number of nitrogens with zero attached hydrogens (tertiary/aromatic N) is 1. The van der Waals surface area contributed by atoms with Gasteiger partial charge in [0, 0.05) is 12.7 Å². The van der Waals surface area contributed by atoms with E-state index in [4.69, 9.17) is 5.73 Å². The first-order valence-corrected chi connectivity index (χ1v) is 9.72. The lowest BCUT2D eigenvalue weighted by Gasteiger charge is -2.28. The zero-order valence-electron chi connectivity index (χ0n) is 15.9. The van der Waals surface area contributed by atoms with Gasteiger partial charge in [-0.15, -0.1) is 11.8 Å². The van der Waals surface area contributed by atoms with Crippen LogP contribution >= 0.6 is 11.8 Å². The summed E-state index contributed by atoms with van der Waals surface area (Å²) >= 11 is 1.07. The van der Waals surface area contributed by atoms with Crippen molar-refractivity contribution in [2.75, 3.05) is 18.1 Å². The molecule has 0 spiro atoms. The minimum Gasteiger partial charge on any atom is -0.368 e. The summed E-state index contributed by atoms with van der Waals surface area (Å²) in [5.74, 6) is -2.58. The van der Waals surface area contributed by atoms with Crippen molar-refractivity contribution in [3.63, 3.8) is 0 Å². The highest BCUT2D eigenvalue weighted by Crippen LogP contribution is 2.23. The van der Waals surface area contributed by atoms with Gasteiger partial charge in [0.15, 0.2) is 0 Å². The Hall–Kier alpha value is -2.94. The summed E-state index contributed by atoms with van der Waals surface area (Å²) in [7, 11) is 1.40. The van der Waals surface area contributed by atoms with Crippen molar-refractivity contribution in [2.45, 2.75) is 18.2 Å². The van der Waals surface area contributed by atoms with Gasteiger partial charge in [-0.3, -0.25) is 14.4 Å². The number of carbonyl (C=O) groups excluding carboxylic acids is 3. The summed E-state index contributed by atoms with van der Waals surface area (Å²) in [6, 6.07) is 9.48. The van der Waals surface area contributed by atoms with E-state index in [2.05, 4.69) is 5.32 Å². The molecule has 0 saturated carbocycles. The number of carbonyl (C=O) groups is 3. The first-order valence-electron chi connectivity index (χ1n) is 8.67. The minimum absolute atomic E-state index is 0.0284. The second kappa shape index (κ2) is 10.0. The van der Waals surface area contributed by atoms with E-state index in [0.29, 0.717) is 5.69 Å². The van der Waals surface area contributed by atoms with Crippen LogP contribution in [0.15, 0.2) is 48.5 Å². The van der Waals surface area contributed by atoms with Crippen molar-refractivity contribution >= 4 is 35.2 Å². The van der Waals surface area contributed by atoms with Gasteiger partial charge >= 0.3 is 0 Å². The van der Waals surface area contributed by atoms with Crippen LogP contribution in [-0.2, 0) is 14.4 Å². The molecule has 2 rings (SSSR count). The number of nitrogens with one attached hydrogen (secondary N) is 1. The number of rotatable bonds is 8. The third-order valence-electron chi connectivity index (χ3n) is 4.11. The van der Waals surface area contributed by atoms with Crippen molar-refractivity contribution in [3.05, 3.63) is 65.7 Å². The number of hydrogen-bond acceptors (Lipinski definition) is 4. The van der Waals surface area contributed by atoms with E-state index < -0.39 is 34.7 Å². The molecule has 2 aromatic rings. The molecule has 0 heterocycles. The van der Waals surface area contributed by atoms with Crippen LogP contribution in [0.25, 0.3) is 0 Å². The van der Waals surface area contributed by atoms with E-state index in [1.54, 1.807) is 6.92 Å². The standard InChI is InChI=1S/C20H21F2N3O3S/c1-12(29-11-17(26)24-16-8-6-14(21)7-9-16)20(28)25(2)18(19(23)27)13-4-3-5-15(22)10-13/h3-10,12,18H,11H2,1-2H3,(H2,23,27)(H,24,26). The Morgan fingerprint density at radius 3 is 2.34 bits per heavy atom. The molecule has 2 unspecified atom stereocenters. The lowest BCUT2D eigenvalue weighted by Crippen LogP contribution is -2.42. The molecule has 0 aliphatic carbocycles. The summed E-state index contributed by atoms with van der Waals surface area (Å²) in [4.78, 5) is 37.7. The Morgan fingerprint density at radius 1 is 1.10 bits per heavy atom. The summed E-state index contributed by atoms with van der Waals surface area (Å²) in [5.41, 5.74) is 6.12. The number of nitrogens with two attached hydrogens (primary N) is 1. The number of thioether (sulfide) groups is 1. The molecule has 0 saturated heterocycles. The number of hydrogen-bond donors (Lipinski definition) is 2. The fourth-order valence-corrected chi connectivity index (χ4v) is 3.45. The molecule has 0 radical (unpaired) electrons. The summed E-state index contributed by atoms with van der Waals surface area (Å²) in [6.07, 6.45) is 0. The highest BCUT2D eigenvalue weighted by atomic mass is 32.2. The van der Waals surface area contributed by atoms with Crippen LogP contribution in [0.4, 0.5) is 14.5 Å². The van der Waals surface area contributed by atoms with Crippen molar-refractivity contribution < 1.29 is 23.2 Å². The van der Waals surface area contributed by atoms with Gasteiger partial charge in [0.25, 0.3) is 0 Å². The molecule has 2 aromatic carbocycles. The van der Waals surface area contributed by atoms with Gasteiger partial charge in [0.05, 0.1) is 11.0 Å². The van der Waals surface area contributed by atoms with Crippen LogP contribution in [0.1, 0.15) is 18.5 Å². The Bertz CT molecular complexity index is 893. The lowest BCUT2D eigenvalue weighted by molar-refractivity contribution is -0.137. The number of amides is 3. The van der Waals surface area contributed by atoms with Gasteiger partial charge < -0.3 is 16.0 Å².